The second-order valence-electron chi connectivity index (χ2n) is 18.0. The Hall–Kier alpha value is -6.59. The maximum Gasteiger partial charge on any atom is 0.248 e. The quantitative estimate of drug-likeness (QED) is 0.151. The molecule has 2 aliphatic heterocycles. The molecular weight excluding hydrogens is 751 g/mol. The lowest BCUT2D eigenvalue weighted by atomic mass is 9.37. The highest BCUT2D eigenvalue weighted by molar-refractivity contribution is 7.01. The van der Waals surface area contributed by atoms with Crippen LogP contribution in [0.3, 0.4) is 0 Å². The minimum absolute atomic E-state index is 0.146. The summed E-state index contributed by atoms with van der Waals surface area (Å²) < 4.78 is 0. The van der Waals surface area contributed by atoms with E-state index < -0.39 is 0 Å². The minimum atomic E-state index is 0.146. The van der Waals surface area contributed by atoms with Crippen LogP contribution in [0.4, 0.5) is 17.1 Å². The van der Waals surface area contributed by atoms with Crippen molar-refractivity contribution in [3.63, 3.8) is 0 Å². The Morgan fingerprint density at radius 2 is 0.952 bits per heavy atom. The van der Waals surface area contributed by atoms with Gasteiger partial charge in [0.25, 0.3) is 0 Å². The van der Waals surface area contributed by atoms with Crippen molar-refractivity contribution in [1.29, 1.82) is 0 Å². The molecule has 62 heavy (non-hydrogen) atoms. The van der Waals surface area contributed by atoms with Gasteiger partial charge >= 0.3 is 0 Å². The van der Waals surface area contributed by atoms with Crippen LogP contribution in [0.1, 0.15) is 87.2 Å². The SMILES string of the molecule is c1ccc(-c2nc(-c3cc4c5c(c3)N(c3ccc(C6CCCCC6)cc3)c3ccc(C6CCCCC6)cc3B5c3ccccc3-4)nc(-c3ccccc3-c3ccccc3)n2)cc1. The number of hydrogen-bond donors (Lipinski definition) is 0. The second-order valence-corrected chi connectivity index (χ2v) is 18.0. The largest absolute Gasteiger partial charge is 0.311 e. The van der Waals surface area contributed by atoms with Gasteiger partial charge < -0.3 is 4.90 Å². The van der Waals surface area contributed by atoms with Crippen molar-refractivity contribution >= 4 is 40.2 Å². The van der Waals surface area contributed by atoms with E-state index >= 15 is 0 Å². The highest BCUT2D eigenvalue weighted by Gasteiger charge is 2.43. The fourth-order valence-electron chi connectivity index (χ4n) is 11.3. The molecule has 12 rings (SSSR count). The Labute approximate surface area is 365 Å². The van der Waals surface area contributed by atoms with Gasteiger partial charge in [-0.1, -0.05) is 177 Å². The molecule has 1 aromatic heterocycles. The number of benzene rings is 7. The van der Waals surface area contributed by atoms with E-state index in [1.54, 1.807) is 0 Å². The summed E-state index contributed by atoms with van der Waals surface area (Å²) in [5.74, 6) is 3.27. The van der Waals surface area contributed by atoms with E-state index in [0.717, 1.165) is 27.8 Å². The molecular formula is C57H49BN4. The monoisotopic (exact) mass is 800 g/mol. The Kier molecular flexibility index (Phi) is 9.42. The number of nitrogens with zero attached hydrogens (tertiary/aromatic N) is 4. The first-order valence-corrected chi connectivity index (χ1v) is 23.0. The van der Waals surface area contributed by atoms with E-state index in [1.807, 2.05) is 6.07 Å². The maximum atomic E-state index is 5.41. The fourth-order valence-corrected chi connectivity index (χ4v) is 11.3. The molecule has 2 saturated carbocycles. The van der Waals surface area contributed by atoms with Gasteiger partial charge in [-0.3, -0.25) is 0 Å². The normalized spacial score (nSPS) is 15.9. The minimum Gasteiger partial charge on any atom is -0.311 e. The van der Waals surface area contributed by atoms with Crippen molar-refractivity contribution in [2.75, 3.05) is 4.90 Å². The Balaban J connectivity index is 1.08. The van der Waals surface area contributed by atoms with Crippen molar-refractivity contribution < 1.29 is 0 Å². The van der Waals surface area contributed by atoms with E-state index in [-0.39, 0.29) is 6.71 Å². The highest BCUT2D eigenvalue weighted by atomic mass is 15.2. The molecule has 4 aliphatic rings. The second kappa shape index (κ2) is 15.7. The van der Waals surface area contributed by atoms with Crippen molar-refractivity contribution in [3.8, 4) is 56.4 Å². The van der Waals surface area contributed by atoms with Crippen LogP contribution in [0.15, 0.2) is 164 Å². The molecule has 0 unspecified atom stereocenters. The van der Waals surface area contributed by atoms with Crippen LogP contribution in [-0.2, 0) is 0 Å². The lowest BCUT2D eigenvalue weighted by molar-refractivity contribution is 0.443. The predicted octanol–water partition coefficient (Wildman–Crippen LogP) is 12.9. The van der Waals surface area contributed by atoms with Crippen molar-refractivity contribution in [1.82, 2.24) is 15.0 Å². The van der Waals surface area contributed by atoms with Crippen molar-refractivity contribution in [3.05, 3.63) is 175 Å². The third kappa shape index (κ3) is 6.49. The van der Waals surface area contributed by atoms with Gasteiger partial charge in [0.05, 0.1) is 0 Å². The van der Waals surface area contributed by atoms with E-state index in [4.69, 9.17) is 15.0 Å². The molecule has 300 valence electrons. The molecule has 0 atom stereocenters. The summed E-state index contributed by atoms with van der Waals surface area (Å²) in [6.45, 7) is 0.146. The van der Waals surface area contributed by atoms with Crippen LogP contribution >= 0.6 is 0 Å². The summed E-state index contributed by atoms with van der Waals surface area (Å²) in [5, 5.41) is 0. The Morgan fingerprint density at radius 1 is 0.387 bits per heavy atom. The van der Waals surface area contributed by atoms with Crippen LogP contribution < -0.4 is 21.3 Å². The molecule has 7 aromatic carbocycles. The fraction of sp³-hybridized carbons (Fsp3) is 0.211. The summed E-state index contributed by atoms with van der Waals surface area (Å²) in [6, 6.07) is 60.3. The van der Waals surface area contributed by atoms with Gasteiger partial charge in [-0.15, -0.1) is 0 Å². The van der Waals surface area contributed by atoms with E-state index in [9.17, 15) is 0 Å². The average Bonchev–Trinajstić information content (AvgIpc) is 3.70. The topological polar surface area (TPSA) is 41.9 Å². The summed E-state index contributed by atoms with van der Waals surface area (Å²) >= 11 is 0. The van der Waals surface area contributed by atoms with Crippen molar-refractivity contribution in [2.45, 2.75) is 76.0 Å². The standard InChI is InChI=1S/C57H49BN4/c1-5-17-38(18-6-1)40-29-32-45(33-30-40)62-52-34-31-43(39-19-7-2-8-20-39)36-51(52)58-50-28-16-15-26-47(50)49-35-44(37-53(62)54(49)58)56-59-55(42-23-11-4-12-24-42)60-57(61-56)48-27-14-13-25-46(48)41-21-9-3-10-22-41/h3-4,9-16,21-39H,1-2,5-8,17-20H2. The Bertz CT molecular complexity index is 2930. The lowest BCUT2D eigenvalue weighted by Crippen LogP contribution is -2.54. The molecule has 5 heteroatoms. The van der Waals surface area contributed by atoms with Crippen LogP contribution in [0, 0.1) is 0 Å². The number of rotatable bonds is 7. The smallest absolute Gasteiger partial charge is 0.248 e. The van der Waals surface area contributed by atoms with Gasteiger partial charge in [0.2, 0.25) is 6.71 Å². The Morgan fingerprint density at radius 3 is 1.66 bits per heavy atom. The number of fused-ring (bicyclic) bond motifs is 5. The van der Waals surface area contributed by atoms with Gasteiger partial charge in [-0.05, 0) is 112 Å². The number of hydrogen-bond acceptors (Lipinski definition) is 4. The average molecular weight is 801 g/mol. The molecule has 2 fully saturated rings. The van der Waals surface area contributed by atoms with Crippen molar-refractivity contribution in [2.24, 2.45) is 0 Å². The van der Waals surface area contributed by atoms with Crippen LogP contribution in [0.25, 0.3) is 56.4 Å². The van der Waals surface area contributed by atoms with Gasteiger partial charge in [0.1, 0.15) is 0 Å². The number of anilines is 3. The first kappa shape index (κ1) is 37.2. The van der Waals surface area contributed by atoms with Gasteiger partial charge in [-0.2, -0.15) is 0 Å². The van der Waals surface area contributed by atoms with E-state index in [1.165, 1.54) is 120 Å². The molecule has 4 nitrogen and oxygen atoms in total. The van der Waals surface area contributed by atoms with Gasteiger partial charge in [0, 0.05) is 33.8 Å². The van der Waals surface area contributed by atoms with Gasteiger partial charge in [-0.25, -0.2) is 15.0 Å². The zero-order valence-corrected chi connectivity index (χ0v) is 35.2. The first-order chi connectivity index (χ1) is 30.7. The third-order valence-electron chi connectivity index (χ3n) is 14.3. The molecule has 0 saturated heterocycles. The van der Waals surface area contributed by atoms with E-state index in [2.05, 4.69) is 163 Å². The molecule has 0 amide bonds. The molecule has 0 radical (unpaired) electrons. The summed E-state index contributed by atoms with van der Waals surface area (Å²) in [5.41, 5.74) is 18.6. The number of aromatic nitrogens is 3. The van der Waals surface area contributed by atoms with E-state index in [0.29, 0.717) is 29.3 Å². The molecule has 0 spiro atoms. The van der Waals surface area contributed by atoms with Gasteiger partial charge in [0.15, 0.2) is 17.5 Å². The summed E-state index contributed by atoms with van der Waals surface area (Å²) in [4.78, 5) is 18.5. The highest BCUT2D eigenvalue weighted by Crippen LogP contribution is 2.45. The third-order valence-corrected chi connectivity index (χ3v) is 14.3. The maximum absolute atomic E-state index is 5.41. The molecule has 2 aliphatic carbocycles. The molecule has 3 heterocycles. The van der Waals surface area contributed by atoms with Crippen LogP contribution in [0.2, 0.25) is 0 Å². The first-order valence-electron chi connectivity index (χ1n) is 23.0. The summed E-state index contributed by atoms with van der Waals surface area (Å²) in [7, 11) is 0. The lowest BCUT2D eigenvalue weighted by Gasteiger charge is -2.37. The molecule has 0 bridgehead atoms. The molecule has 8 aromatic rings. The zero-order chi connectivity index (χ0) is 41.0. The zero-order valence-electron chi connectivity index (χ0n) is 35.2. The molecule has 0 N–H and O–H groups in total. The summed E-state index contributed by atoms with van der Waals surface area (Å²) in [6.07, 6.45) is 13.2. The van der Waals surface area contributed by atoms with Crippen LogP contribution in [-0.4, -0.2) is 21.7 Å². The van der Waals surface area contributed by atoms with Crippen LogP contribution in [0.5, 0.6) is 0 Å². The predicted molar refractivity (Wildman–Crippen MR) is 258 cm³/mol.